The van der Waals surface area contributed by atoms with Crippen molar-refractivity contribution < 1.29 is 14.3 Å². The van der Waals surface area contributed by atoms with Crippen LogP contribution in [-0.4, -0.2) is 36.0 Å². The van der Waals surface area contributed by atoms with Gasteiger partial charge in [-0.1, -0.05) is 13.0 Å². The number of carbonyl (C=O) groups excluding carboxylic acids is 2. The molecular weight excluding hydrogens is 256 g/mol. The molecule has 2 heterocycles. The van der Waals surface area contributed by atoms with Gasteiger partial charge in [-0.3, -0.25) is 14.5 Å². The van der Waals surface area contributed by atoms with Gasteiger partial charge in [0.25, 0.3) is 11.8 Å². The van der Waals surface area contributed by atoms with E-state index in [1.807, 2.05) is 0 Å². The average molecular weight is 274 g/mol. The molecule has 1 aromatic carbocycles. The fourth-order valence-corrected chi connectivity index (χ4v) is 3.11. The standard InChI is InChI=1S/C15H18N2O3/c1-2-12-9(6-7-20-12)8-17-14(18)10-4-3-5-11(16)13(10)15(17)19/h3-5,9,12H,2,6-8,16H2,1H3. The molecule has 0 aromatic heterocycles. The summed E-state index contributed by atoms with van der Waals surface area (Å²) in [5.41, 5.74) is 6.97. The van der Waals surface area contributed by atoms with Crippen LogP contribution in [0.1, 0.15) is 40.5 Å². The SMILES string of the molecule is CCC1OCCC1CN1C(=O)c2cccc(N)c2C1=O. The molecule has 1 aromatic rings. The van der Waals surface area contributed by atoms with Crippen molar-refractivity contribution in [3.05, 3.63) is 29.3 Å². The summed E-state index contributed by atoms with van der Waals surface area (Å²) in [6.45, 7) is 3.18. The highest BCUT2D eigenvalue weighted by molar-refractivity contribution is 6.23. The smallest absolute Gasteiger partial charge is 0.263 e. The predicted molar refractivity (Wildman–Crippen MR) is 74.4 cm³/mol. The Hall–Kier alpha value is -1.88. The fourth-order valence-electron chi connectivity index (χ4n) is 3.11. The van der Waals surface area contributed by atoms with Crippen molar-refractivity contribution in [1.82, 2.24) is 4.90 Å². The summed E-state index contributed by atoms with van der Waals surface area (Å²) in [6.07, 6.45) is 1.92. The Bertz CT molecular complexity index is 570. The van der Waals surface area contributed by atoms with Crippen LogP contribution in [-0.2, 0) is 4.74 Å². The lowest BCUT2D eigenvalue weighted by Gasteiger charge is -2.22. The molecule has 1 fully saturated rings. The van der Waals surface area contributed by atoms with Crippen molar-refractivity contribution in [3.63, 3.8) is 0 Å². The number of nitrogens with zero attached hydrogens (tertiary/aromatic N) is 1. The van der Waals surface area contributed by atoms with Gasteiger partial charge in [0, 0.05) is 24.8 Å². The maximum Gasteiger partial charge on any atom is 0.263 e. The highest BCUT2D eigenvalue weighted by atomic mass is 16.5. The van der Waals surface area contributed by atoms with Crippen molar-refractivity contribution in [2.75, 3.05) is 18.9 Å². The molecule has 5 nitrogen and oxygen atoms in total. The van der Waals surface area contributed by atoms with Gasteiger partial charge in [-0.2, -0.15) is 0 Å². The number of carbonyl (C=O) groups is 2. The highest BCUT2D eigenvalue weighted by Crippen LogP contribution is 2.31. The van der Waals surface area contributed by atoms with Crippen LogP contribution in [0.25, 0.3) is 0 Å². The van der Waals surface area contributed by atoms with Crippen molar-refractivity contribution in [2.45, 2.75) is 25.9 Å². The Labute approximate surface area is 117 Å². The van der Waals surface area contributed by atoms with Gasteiger partial charge in [-0.15, -0.1) is 0 Å². The fraction of sp³-hybridized carbons (Fsp3) is 0.467. The zero-order valence-corrected chi connectivity index (χ0v) is 11.5. The molecule has 1 saturated heterocycles. The Kier molecular flexibility index (Phi) is 3.22. The summed E-state index contributed by atoms with van der Waals surface area (Å²) in [7, 11) is 0. The zero-order chi connectivity index (χ0) is 14.3. The van der Waals surface area contributed by atoms with Crippen LogP contribution in [0.15, 0.2) is 18.2 Å². The number of nitrogen functional groups attached to an aromatic ring is 1. The van der Waals surface area contributed by atoms with Crippen LogP contribution in [0.4, 0.5) is 5.69 Å². The molecule has 106 valence electrons. The molecule has 0 spiro atoms. The molecule has 5 heteroatoms. The molecule has 2 unspecified atom stereocenters. The van der Waals surface area contributed by atoms with E-state index in [0.717, 1.165) is 12.8 Å². The summed E-state index contributed by atoms with van der Waals surface area (Å²) < 4.78 is 5.62. The third-order valence-electron chi connectivity index (χ3n) is 4.20. The molecule has 2 aliphatic rings. The minimum Gasteiger partial charge on any atom is -0.398 e. The number of anilines is 1. The lowest BCUT2D eigenvalue weighted by molar-refractivity contribution is 0.0544. The summed E-state index contributed by atoms with van der Waals surface area (Å²) in [5.74, 6) is -0.285. The van der Waals surface area contributed by atoms with Crippen LogP contribution in [0.5, 0.6) is 0 Å². The topological polar surface area (TPSA) is 72.6 Å². The van der Waals surface area contributed by atoms with Crippen LogP contribution >= 0.6 is 0 Å². The normalized spacial score (nSPS) is 25.4. The minimum atomic E-state index is -0.273. The van der Waals surface area contributed by atoms with E-state index >= 15 is 0 Å². The van der Waals surface area contributed by atoms with Crippen molar-refractivity contribution >= 4 is 17.5 Å². The number of fused-ring (bicyclic) bond motifs is 1. The van der Waals surface area contributed by atoms with E-state index in [1.54, 1.807) is 18.2 Å². The van der Waals surface area contributed by atoms with E-state index in [4.69, 9.17) is 10.5 Å². The van der Waals surface area contributed by atoms with E-state index in [-0.39, 0.29) is 23.8 Å². The van der Waals surface area contributed by atoms with Gasteiger partial charge in [0.1, 0.15) is 0 Å². The maximum absolute atomic E-state index is 12.4. The van der Waals surface area contributed by atoms with Crippen LogP contribution in [0, 0.1) is 5.92 Å². The third-order valence-corrected chi connectivity index (χ3v) is 4.20. The van der Waals surface area contributed by atoms with Gasteiger partial charge in [0.15, 0.2) is 0 Å². The average Bonchev–Trinajstić information content (AvgIpc) is 2.98. The number of hydrogen-bond donors (Lipinski definition) is 1. The van der Waals surface area contributed by atoms with E-state index in [2.05, 4.69) is 6.92 Å². The second kappa shape index (κ2) is 4.90. The van der Waals surface area contributed by atoms with Gasteiger partial charge < -0.3 is 10.5 Å². The number of rotatable bonds is 3. The van der Waals surface area contributed by atoms with E-state index in [0.29, 0.717) is 30.0 Å². The van der Waals surface area contributed by atoms with Gasteiger partial charge in [0.2, 0.25) is 0 Å². The molecule has 20 heavy (non-hydrogen) atoms. The lowest BCUT2D eigenvalue weighted by atomic mass is 9.99. The molecule has 2 atom stereocenters. The molecule has 0 radical (unpaired) electrons. The Morgan fingerprint density at radius 1 is 1.35 bits per heavy atom. The third kappa shape index (κ3) is 1.89. The molecule has 2 aliphatic heterocycles. The molecule has 2 N–H and O–H groups in total. The number of benzene rings is 1. The molecular formula is C15H18N2O3. The van der Waals surface area contributed by atoms with Crippen LogP contribution in [0.3, 0.4) is 0 Å². The highest BCUT2D eigenvalue weighted by Gasteiger charge is 2.40. The summed E-state index contributed by atoms with van der Waals surface area (Å²) in [6, 6.07) is 5.02. The van der Waals surface area contributed by atoms with E-state index in [9.17, 15) is 9.59 Å². The first kappa shape index (κ1) is 13.1. The number of nitrogens with two attached hydrogens (primary N) is 1. The minimum absolute atomic E-state index is 0.136. The van der Waals surface area contributed by atoms with Crippen LogP contribution in [0.2, 0.25) is 0 Å². The lowest BCUT2D eigenvalue weighted by Crippen LogP contribution is -2.37. The van der Waals surface area contributed by atoms with E-state index in [1.165, 1.54) is 4.90 Å². The molecule has 2 amide bonds. The van der Waals surface area contributed by atoms with E-state index < -0.39 is 0 Å². The monoisotopic (exact) mass is 274 g/mol. The van der Waals surface area contributed by atoms with Gasteiger partial charge >= 0.3 is 0 Å². The zero-order valence-electron chi connectivity index (χ0n) is 11.5. The Morgan fingerprint density at radius 2 is 2.15 bits per heavy atom. The summed E-state index contributed by atoms with van der Waals surface area (Å²) in [4.78, 5) is 26.1. The van der Waals surface area contributed by atoms with Crippen molar-refractivity contribution in [2.24, 2.45) is 5.92 Å². The Morgan fingerprint density at radius 3 is 2.85 bits per heavy atom. The summed E-state index contributed by atoms with van der Waals surface area (Å²) >= 11 is 0. The first-order valence-electron chi connectivity index (χ1n) is 6.99. The first-order valence-corrected chi connectivity index (χ1v) is 6.99. The number of ether oxygens (including phenoxy) is 1. The molecule has 0 aliphatic carbocycles. The van der Waals surface area contributed by atoms with Crippen molar-refractivity contribution in [3.8, 4) is 0 Å². The Balaban J connectivity index is 1.85. The van der Waals surface area contributed by atoms with Crippen molar-refractivity contribution in [1.29, 1.82) is 0 Å². The maximum atomic E-state index is 12.4. The number of imide groups is 1. The second-order valence-corrected chi connectivity index (χ2v) is 5.36. The van der Waals surface area contributed by atoms with Gasteiger partial charge in [0.05, 0.1) is 17.2 Å². The molecule has 3 rings (SSSR count). The summed E-state index contributed by atoms with van der Waals surface area (Å²) in [5, 5.41) is 0. The predicted octanol–water partition coefficient (Wildman–Crippen LogP) is 1.68. The van der Waals surface area contributed by atoms with Crippen LogP contribution < -0.4 is 5.73 Å². The molecule has 0 bridgehead atoms. The molecule has 0 saturated carbocycles. The second-order valence-electron chi connectivity index (χ2n) is 5.36. The van der Waals surface area contributed by atoms with Gasteiger partial charge in [-0.25, -0.2) is 0 Å². The quantitative estimate of drug-likeness (QED) is 0.672. The number of amides is 2. The van der Waals surface area contributed by atoms with Gasteiger partial charge in [-0.05, 0) is 25.0 Å². The number of hydrogen-bond acceptors (Lipinski definition) is 4. The first-order chi connectivity index (χ1) is 9.63. The largest absolute Gasteiger partial charge is 0.398 e.